The topological polar surface area (TPSA) is 55.4 Å². The smallest absolute Gasteiger partial charge is 0.251 e. The molecule has 0 radical (unpaired) electrons. The van der Waals surface area contributed by atoms with Gasteiger partial charge in [0.2, 0.25) is 0 Å². The number of carbonyl (C=O) groups is 2. The van der Waals surface area contributed by atoms with E-state index in [4.69, 9.17) is 4.74 Å². The van der Waals surface area contributed by atoms with Gasteiger partial charge in [-0.05, 0) is 92.2 Å². The SMILES string of the molecule is COc1cc([C@@H](C)CC2CC[C@H](c3ccc(C(=O)NCCCC(C)=O)cc3)C2)ccc1F. The molecule has 32 heavy (non-hydrogen) atoms. The molecule has 0 saturated heterocycles. The minimum Gasteiger partial charge on any atom is -0.494 e. The number of hydrogen-bond donors (Lipinski definition) is 1. The van der Waals surface area contributed by atoms with Crippen LogP contribution in [-0.2, 0) is 4.79 Å². The number of carbonyl (C=O) groups excluding carboxylic acids is 2. The lowest BCUT2D eigenvalue weighted by Crippen LogP contribution is -2.24. The number of rotatable bonds is 10. The molecule has 2 aromatic rings. The van der Waals surface area contributed by atoms with Crippen LogP contribution < -0.4 is 10.1 Å². The minimum atomic E-state index is -0.322. The summed E-state index contributed by atoms with van der Waals surface area (Å²) in [5, 5.41) is 2.88. The first-order valence-electron chi connectivity index (χ1n) is 11.6. The normalized spacial score (nSPS) is 18.9. The number of nitrogens with one attached hydrogen (secondary N) is 1. The van der Waals surface area contributed by atoms with Crippen LogP contribution in [0.2, 0.25) is 0 Å². The highest BCUT2D eigenvalue weighted by Gasteiger charge is 2.27. The molecule has 1 aliphatic carbocycles. The molecular weight excluding hydrogens is 405 g/mol. The van der Waals surface area contributed by atoms with E-state index in [9.17, 15) is 14.0 Å². The summed E-state index contributed by atoms with van der Waals surface area (Å²) >= 11 is 0. The highest BCUT2D eigenvalue weighted by atomic mass is 19.1. The average Bonchev–Trinajstić information content (AvgIpc) is 3.25. The lowest BCUT2D eigenvalue weighted by atomic mass is 9.88. The van der Waals surface area contributed by atoms with Gasteiger partial charge in [0.15, 0.2) is 11.6 Å². The van der Waals surface area contributed by atoms with Crippen molar-refractivity contribution < 1.29 is 18.7 Å². The average molecular weight is 440 g/mol. The maximum Gasteiger partial charge on any atom is 0.251 e. The van der Waals surface area contributed by atoms with Crippen LogP contribution in [0.5, 0.6) is 5.75 Å². The second-order valence-electron chi connectivity index (χ2n) is 9.09. The predicted molar refractivity (Wildman–Crippen MR) is 125 cm³/mol. The van der Waals surface area contributed by atoms with Crippen molar-refractivity contribution in [2.45, 2.75) is 64.2 Å². The Bertz CT molecular complexity index is 925. The van der Waals surface area contributed by atoms with Crippen molar-refractivity contribution in [1.82, 2.24) is 5.32 Å². The highest BCUT2D eigenvalue weighted by Crippen LogP contribution is 2.42. The third-order valence-electron chi connectivity index (χ3n) is 6.61. The Hall–Kier alpha value is -2.69. The zero-order valence-corrected chi connectivity index (χ0v) is 19.3. The van der Waals surface area contributed by atoms with E-state index in [0.29, 0.717) is 48.5 Å². The number of Topliss-reactive ketones (excluding diaryl/α,β-unsaturated/α-hetero) is 1. The van der Waals surface area contributed by atoms with Gasteiger partial charge in [-0.3, -0.25) is 4.79 Å². The summed E-state index contributed by atoms with van der Waals surface area (Å²) in [7, 11) is 1.50. The second kappa shape index (κ2) is 11.3. The van der Waals surface area contributed by atoms with Crippen LogP contribution in [0, 0.1) is 11.7 Å². The summed E-state index contributed by atoms with van der Waals surface area (Å²) in [5.74, 6) is 1.54. The van der Waals surface area contributed by atoms with Crippen molar-refractivity contribution in [2.24, 2.45) is 5.92 Å². The van der Waals surface area contributed by atoms with E-state index in [1.807, 2.05) is 24.3 Å². The second-order valence-corrected chi connectivity index (χ2v) is 9.09. The van der Waals surface area contributed by atoms with Gasteiger partial charge in [-0.1, -0.05) is 25.1 Å². The molecule has 0 heterocycles. The molecule has 0 spiro atoms. The summed E-state index contributed by atoms with van der Waals surface area (Å²) in [6.07, 6.45) is 5.72. The Morgan fingerprint density at radius 1 is 1.16 bits per heavy atom. The summed E-state index contributed by atoms with van der Waals surface area (Å²) in [4.78, 5) is 23.3. The Labute approximate surface area is 190 Å². The molecule has 1 aliphatic rings. The standard InChI is InChI=1S/C27H34FNO3/c1-18(23-12-13-25(28)26(17-23)32-3)15-20-6-7-24(16-20)21-8-10-22(11-9-21)27(31)29-14-4-5-19(2)30/h8-13,17-18,20,24H,4-7,14-16H2,1-3H3,(H,29,31)/t18-,20?,24-/m0/s1. The van der Waals surface area contributed by atoms with Crippen molar-refractivity contribution in [2.75, 3.05) is 13.7 Å². The minimum absolute atomic E-state index is 0.0899. The Morgan fingerprint density at radius 3 is 2.59 bits per heavy atom. The number of ketones is 1. The summed E-state index contributed by atoms with van der Waals surface area (Å²) in [6.45, 7) is 4.28. The van der Waals surface area contributed by atoms with Crippen molar-refractivity contribution >= 4 is 11.7 Å². The number of ether oxygens (including phenoxy) is 1. The fourth-order valence-electron chi connectivity index (χ4n) is 4.76. The van der Waals surface area contributed by atoms with Gasteiger partial charge in [0.05, 0.1) is 7.11 Å². The zero-order valence-electron chi connectivity index (χ0n) is 19.3. The molecule has 1 amide bonds. The molecule has 3 atom stereocenters. The first-order valence-corrected chi connectivity index (χ1v) is 11.6. The van der Waals surface area contributed by atoms with Gasteiger partial charge in [-0.15, -0.1) is 0 Å². The number of hydrogen-bond acceptors (Lipinski definition) is 3. The van der Waals surface area contributed by atoms with Gasteiger partial charge in [0.25, 0.3) is 5.91 Å². The van der Waals surface area contributed by atoms with Crippen molar-refractivity contribution in [3.63, 3.8) is 0 Å². The molecule has 5 heteroatoms. The van der Waals surface area contributed by atoms with Gasteiger partial charge in [-0.25, -0.2) is 4.39 Å². The Balaban J connectivity index is 1.50. The molecule has 3 rings (SSSR count). The van der Waals surface area contributed by atoms with E-state index in [1.54, 1.807) is 6.92 Å². The maximum absolute atomic E-state index is 13.7. The third kappa shape index (κ3) is 6.41. The van der Waals surface area contributed by atoms with Crippen LogP contribution in [0.25, 0.3) is 0 Å². The number of halogens is 1. The molecule has 172 valence electrons. The molecule has 1 N–H and O–H groups in total. The molecule has 2 aromatic carbocycles. The Morgan fingerprint density at radius 2 is 1.91 bits per heavy atom. The van der Waals surface area contributed by atoms with E-state index in [1.165, 1.54) is 25.2 Å². The van der Waals surface area contributed by atoms with Crippen LogP contribution in [0.15, 0.2) is 42.5 Å². The number of benzene rings is 2. The van der Waals surface area contributed by atoms with E-state index in [2.05, 4.69) is 24.4 Å². The van der Waals surface area contributed by atoms with Gasteiger partial charge >= 0.3 is 0 Å². The van der Waals surface area contributed by atoms with Crippen LogP contribution in [-0.4, -0.2) is 25.3 Å². The van der Waals surface area contributed by atoms with Gasteiger partial charge < -0.3 is 14.8 Å². The Kier molecular flexibility index (Phi) is 8.43. The monoisotopic (exact) mass is 439 g/mol. The van der Waals surface area contributed by atoms with Gasteiger partial charge in [0.1, 0.15) is 5.78 Å². The summed E-state index contributed by atoms with van der Waals surface area (Å²) in [5.41, 5.74) is 3.06. The lowest BCUT2D eigenvalue weighted by molar-refractivity contribution is -0.117. The molecule has 0 aromatic heterocycles. The molecule has 4 nitrogen and oxygen atoms in total. The van der Waals surface area contributed by atoms with E-state index in [-0.39, 0.29) is 17.5 Å². The summed E-state index contributed by atoms with van der Waals surface area (Å²) < 4.78 is 18.8. The fourth-order valence-corrected chi connectivity index (χ4v) is 4.76. The predicted octanol–water partition coefficient (Wildman–Crippen LogP) is 6.01. The first-order chi connectivity index (χ1) is 15.4. The molecule has 0 bridgehead atoms. The van der Waals surface area contributed by atoms with Crippen molar-refractivity contribution in [1.29, 1.82) is 0 Å². The van der Waals surface area contributed by atoms with Gasteiger partial charge in [0, 0.05) is 18.5 Å². The quantitative estimate of drug-likeness (QED) is 0.461. The number of amides is 1. The van der Waals surface area contributed by atoms with Crippen molar-refractivity contribution in [3.8, 4) is 5.75 Å². The molecular formula is C27H34FNO3. The van der Waals surface area contributed by atoms with E-state index in [0.717, 1.165) is 24.8 Å². The molecule has 0 aliphatic heterocycles. The van der Waals surface area contributed by atoms with Crippen LogP contribution in [0.3, 0.4) is 0 Å². The van der Waals surface area contributed by atoms with E-state index >= 15 is 0 Å². The third-order valence-corrected chi connectivity index (χ3v) is 6.61. The highest BCUT2D eigenvalue weighted by molar-refractivity contribution is 5.94. The molecule has 1 unspecified atom stereocenters. The number of methoxy groups -OCH3 is 1. The summed E-state index contributed by atoms with van der Waals surface area (Å²) in [6, 6.07) is 13.1. The molecule has 1 fully saturated rings. The first kappa shape index (κ1) is 24.0. The van der Waals surface area contributed by atoms with Gasteiger partial charge in [-0.2, -0.15) is 0 Å². The van der Waals surface area contributed by atoms with Crippen LogP contribution in [0.1, 0.15) is 85.7 Å². The largest absolute Gasteiger partial charge is 0.494 e. The van der Waals surface area contributed by atoms with Crippen LogP contribution >= 0.6 is 0 Å². The van der Waals surface area contributed by atoms with Crippen molar-refractivity contribution in [3.05, 3.63) is 65.0 Å². The van der Waals surface area contributed by atoms with E-state index < -0.39 is 0 Å². The lowest BCUT2D eigenvalue weighted by Gasteiger charge is -2.18. The maximum atomic E-state index is 13.7. The zero-order chi connectivity index (χ0) is 23.1. The van der Waals surface area contributed by atoms with Crippen LogP contribution in [0.4, 0.5) is 4.39 Å². The fraction of sp³-hybridized carbons (Fsp3) is 0.481. The molecule has 1 saturated carbocycles.